The lowest BCUT2D eigenvalue weighted by Crippen LogP contribution is -2.53. The van der Waals surface area contributed by atoms with Crippen molar-refractivity contribution in [1.82, 2.24) is 10.2 Å². The molecule has 0 bridgehead atoms. The lowest BCUT2D eigenvalue weighted by atomic mass is 10.0. The smallest absolute Gasteiger partial charge is 0.287 e. The molecule has 1 aliphatic heterocycles. The van der Waals surface area contributed by atoms with Crippen LogP contribution in [0.3, 0.4) is 0 Å². The molecule has 1 saturated heterocycles. The van der Waals surface area contributed by atoms with Crippen molar-refractivity contribution in [2.75, 3.05) is 0 Å². The van der Waals surface area contributed by atoms with E-state index in [4.69, 9.17) is 5.73 Å². The molecule has 7 nitrogen and oxygen atoms in total. The summed E-state index contributed by atoms with van der Waals surface area (Å²) in [6, 6.07) is 16.7. The third-order valence-electron chi connectivity index (χ3n) is 5.31. The Kier molecular flexibility index (Phi) is 6.61. The second-order valence-electron chi connectivity index (χ2n) is 7.58. The highest BCUT2D eigenvalue weighted by atomic mass is 16.2. The predicted octanol–water partition coefficient (Wildman–Crippen LogP) is 1.21. The second-order valence-corrected chi connectivity index (χ2v) is 7.58. The number of nitrogens with zero attached hydrogens (tertiary/aromatic N) is 1. The number of nitrogens with one attached hydrogen (secondary N) is 1. The minimum absolute atomic E-state index is 0.111. The number of Topliss-reactive ketones (excluding diaryl/α,β-unsaturated/α-hetero) is 1. The fourth-order valence-electron chi connectivity index (χ4n) is 3.72. The molecule has 2 aromatic carbocycles. The van der Waals surface area contributed by atoms with Gasteiger partial charge in [-0.05, 0) is 17.5 Å². The number of rotatable bonds is 8. The van der Waals surface area contributed by atoms with Crippen LogP contribution in [-0.2, 0) is 32.1 Å². The maximum Gasteiger partial charge on any atom is 0.287 e. The number of amides is 3. The third kappa shape index (κ3) is 4.92. The Morgan fingerprint density at radius 3 is 2.17 bits per heavy atom. The summed E-state index contributed by atoms with van der Waals surface area (Å²) in [5.74, 6) is -2.84. The quantitative estimate of drug-likeness (QED) is 0.641. The van der Waals surface area contributed by atoms with Crippen LogP contribution in [0, 0.1) is 5.92 Å². The van der Waals surface area contributed by atoms with Crippen molar-refractivity contribution in [3.63, 3.8) is 0 Å². The van der Waals surface area contributed by atoms with E-state index in [9.17, 15) is 19.2 Å². The SMILES string of the molecule is C[C@H]1CC(C(=O)NC(Cc2ccccc2)C(=O)C(N)=O)N(Cc2ccccc2)C1=O. The molecule has 1 aliphatic rings. The van der Waals surface area contributed by atoms with E-state index in [0.29, 0.717) is 13.0 Å². The van der Waals surface area contributed by atoms with Crippen molar-refractivity contribution in [1.29, 1.82) is 0 Å². The molecule has 0 spiro atoms. The molecule has 3 N–H and O–H groups in total. The normalized spacial score (nSPS) is 19.4. The second kappa shape index (κ2) is 9.35. The first kappa shape index (κ1) is 21.2. The van der Waals surface area contributed by atoms with E-state index in [1.807, 2.05) is 48.5 Å². The van der Waals surface area contributed by atoms with Crippen LogP contribution in [0.2, 0.25) is 0 Å². The molecule has 3 rings (SSSR count). The fraction of sp³-hybridized carbons (Fsp3) is 0.304. The number of likely N-dealkylation sites (tertiary alicyclic amines) is 1. The van der Waals surface area contributed by atoms with Gasteiger partial charge in [-0.1, -0.05) is 67.6 Å². The molecule has 1 fully saturated rings. The molecule has 0 saturated carbocycles. The maximum atomic E-state index is 13.1. The number of ketones is 1. The summed E-state index contributed by atoms with van der Waals surface area (Å²) in [6.45, 7) is 2.08. The average molecular weight is 407 g/mol. The number of carbonyl (C=O) groups excluding carboxylic acids is 4. The molecule has 30 heavy (non-hydrogen) atoms. The molecule has 3 amide bonds. The molecule has 0 radical (unpaired) electrons. The number of nitrogens with two attached hydrogens (primary N) is 1. The molecule has 0 aromatic heterocycles. The van der Waals surface area contributed by atoms with Crippen molar-refractivity contribution in [2.45, 2.75) is 38.4 Å². The largest absolute Gasteiger partial charge is 0.363 e. The van der Waals surface area contributed by atoms with Crippen molar-refractivity contribution in [2.24, 2.45) is 11.7 Å². The monoisotopic (exact) mass is 407 g/mol. The van der Waals surface area contributed by atoms with Gasteiger partial charge in [-0.2, -0.15) is 0 Å². The van der Waals surface area contributed by atoms with Crippen molar-refractivity contribution in [3.8, 4) is 0 Å². The van der Waals surface area contributed by atoms with Crippen LogP contribution in [-0.4, -0.2) is 40.5 Å². The number of hydrogen-bond acceptors (Lipinski definition) is 4. The Hall–Kier alpha value is -3.48. The summed E-state index contributed by atoms with van der Waals surface area (Å²) in [5, 5.41) is 2.66. The van der Waals surface area contributed by atoms with Crippen LogP contribution in [0.15, 0.2) is 60.7 Å². The van der Waals surface area contributed by atoms with E-state index >= 15 is 0 Å². The lowest BCUT2D eigenvalue weighted by molar-refractivity contribution is -0.140. The maximum absolute atomic E-state index is 13.1. The van der Waals surface area contributed by atoms with Gasteiger partial charge < -0.3 is 16.0 Å². The lowest BCUT2D eigenvalue weighted by Gasteiger charge is -2.26. The average Bonchev–Trinajstić information content (AvgIpc) is 3.02. The Morgan fingerprint density at radius 1 is 1.03 bits per heavy atom. The summed E-state index contributed by atoms with van der Waals surface area (Å²) >= 11 is 0. The van der Waals surface area contributed by atoms with E-state index in [2.05, 4.69) is 5.32 Å². The Bertz CT molecular complexity index is 930. The molecular formula is C23H25N3O4. The number of carbonyl (C=O) groups is 4. The summed E-state index contributed by atoms with van der Waals surface area (Å²) in [5.41, 5.74) is 6.88. The Balaban J connectivity index is 1.78. The van der Waals surface area contributed by atoms with Gasteiger partial charge in [0.2, 0.25) is 17.6 Å². The van der Waals surface area contributed by atoms with Gasteiger partial charge in [-0.25, -0.2) is 0 Å². The third-order valence-corrected chi connectivity index (χ3v) is 5.31. The van der Waals surface area contributed by atoms with E-state index in [-0.39, 0.29) is 18.2 Å². The van der Waals surface area contributed by atoms with Crippen molar-refractivity contribution < 1.29 is 19.2 Å². The molecule has 2 unspecified atom stereocenters. The highest BCUT2D eigenvalue weighted by Crippen LogP contribution is 2.26. The predicted molar refractivity (Wildman–Crippen MR) is 111 cm³/mol. The topological polar surface area (TPSA) is 110 Å². The van der Waals surface area contributed by atoms with Gasteiger partial charge in [-0.15, -0.1) is 0 Å². The zero-order valence-corrected chi connectivity index (χ0v) is 16.8. The molecule has 2 aromatic rings. The first-order valence-corrected chi connectivity index (χ1v) is 9.89. The van der Waals surface area contributed by atoms with Gasteiger partial charge in [-0.3, -0.25) is 19.2 Å². The number of primary amides is 1. The van der Waals surface area contributed by atoms with E-state index in [1.165, 1.54) is 4.90 Å². The number of hydrogen-bond donors (Lipinski definition) is 2. The highest BCUT2D eigenvalue weighted by molar-refractivity contribution is 6.38. The molecule has 1 heterocycles. The molecule has 156 valence electrons. The van der Waals surface area contributed by atoms with Gasteiger partial charge in [0.05, 0.1) is 0 Å². The van der Waals surface area contributed by atoms with Gasteiger partial charge in [0, 0.05) is 18.9 Å². The van der Waals surface area contributed by atoms with E-state index < -0.39 is 29.7 Å². The Morgan fingerprint density at radius 2 is 1.60 bits per heavy atom. The Labute approximate surface area is 175 Å². The fourth-order valence-corrected chi connectivity index (χ4v) is 3.72. The standard InChI is InChI=1S/C23H25N3O4/c1-15-12-19(26(23(15)30)14-17-10-6-3-7-11-17)22(29)25-18(20(27)21(24)28)13-16-8-4-2-5-9-16/h2-11,15,18-19H,12-14H2,1H3,(H2,24,28)(H,25,29)/t15-,18?,19?/m0/s1. The summed E-state index contributed by atoms with van der Waals surface area (Å²) in [6.07, 6.45) is 0.490. The minimum Gasteiger partial charge on any atom is -0.363 e. The summed E-state index contributed by atoms with van der Waals surface area (Å²) in [7, 11) is 0. The van der Waals surface area contributed by atoms with Gasteiger partial charge in [0.15, 0.2) is 0 Å². The summed E-state index contributed by atoms with van der Waals surface area (Å²) in [4.78, 5) is 51.1. The zero-order chi connectivity index (χ0) is 21.7. The molecule has 0 aliphatic carbocycles. The van der Waals surface area contributed by atoms with Crippen LogP contribution >= 0.6 is 0 Å². The van der Waals surface area contributed by atoms with Crippen LogP contribution in [0.25, 0.3) is 0 Å². The van der Waals surface area contributed by atoms with Gasteiger partial charge >= 0.3 is 0 Å². The van der Waals surface area contributed by atoms with Crippen molar-refractivity contribution in [3.05, 3.63) is 71.8 Å². The van der Waals surface area contributed by atoms with Crippen molar-refractivity contribution >= 4 is 23.5 Å². The van der Waals surface area contributed by atoms with E-state index in [1.54, 1.807) is 19.1 Å². The minimum atomic E-state index is -1.10. The number of benzene rings is 2. The summed E-state index contributed by atoms with van der Waals surface area (Å²) < 4.78 is 0. The van der Waals surface area contributed by atoms with Crippen LogP contribution in [0.5, 0.6) is 0 Å². The van der Waals surface area contributed by atoms with E-state index in [0.717, 1.165) is 11.1 Å². The van der Waals surface area contributed by atoms with Gasteiger partial charge in [0.25, 0.3) is 5.91 Å². The molecule has 7 heteroatoms. The van der Waals surface area contributed by atoms with Crippen LogP contribution in [0.1, 0.15) is 24.5 Å². The highest BCUT2D eigenvalue weighted by Gasteiger charge is 2.42. The molecular weight excluding hydrogens is 382 g/mol. The van der Waals surface area contributed by atoms with Crippen LogP contribution < -0.4 is 11.1 Å². The first-order chi connectivity index (χ1) is 14.4. The molecule has 3 atom stereocenters. The zero-order valence-electron chi connectivity index (χ0n) is 16.8. The first-order valence-electron chi connectivity index (χ1n) is 9.89. The van der Waals surface area contributed by atoms with Crippen LogP contribution in [0.4, 0.5) is 0 Å². The van der Waals surface area contributed by atoms with Gasteiger partial charge in [0.1, 0.15) is 12.1 Å².